The summed E-state index contributed by atoms with van der Waals surface area (Å²) in [6, 6.07) is 5.14. The Bertz CT molecular complexity index is 513. The first-order valence-electron chi connectivity index (χ1n) is 4.87. The molecule has 4 nitrogen and oxygen atoms in total. The minimum absolute atomic E-state index is 0.0691. The third-order valence-electron chi connectivity index (χ3n) is 2.46. The lowest BCUT2D eigenvalue weighted by atomic mass is 10.1. The predicted octanol–water partition coefficient (Wildman–Crippen LogP) is 0.951. The molecule has 0 aromatic carbocycles. The number of nitrogens with zero attached hydrogens (tertiary/aromatic N) is 2. The minimum atomic E-state index is -0.286. The highest BCUT2D eigenvalue weighted by Gasteiger charge is 2.11. The zero-order chi connectivity index (χ0) is 12.3. The molecule has 0 radical (unpaired) electrons. The first-order valence-corrected chi connectivity index (χ1v) is 5.28. The van der Waals surface area contributed by atoms with E-state index in [2.05, 4.69) is 0 Å². The second-order valence-corrected chi connectivity index (χ2v) is 4.19. The smallest absolute Gasteiger partial charge is 0.268 e. The summed E-state index contributed by atoms with van der Waals surface area (Å²) in [5.41, 5.74) is 6.16. The Labute approximate surface area is 99.3 Å². The van der Waals surface area contributed by atoms with E-state index in [1.807, 2.05) is 19.9 Å². The van der Waals surface area contributed by atoms with Crippen molar-refractivity contribution in [3.8, 4) is 6.07 Å². The van der Waals surface area contributed by atoms with Gasteiger partial charge in [0.25, 0.3) is 5.56 Å². The van der Waals surface area contributed by atoms with E-state index in [1.54, 1.807) is 6.07 Å². The molecular weight excluding hydrogens is 222 g/mol. The Morgan fingerprint density at radius 3 is 2.81 bits per heavy atom. The molecule has 1 heterocycles. The number of hydrogen-bond acceptors (Lipinski definition) is 3. The van der Waals surface area contributed by atoms with Gasteiger partial charge in [0, 0.05) is 18.2 Å². The zero-order valence-corrected chi connectivity index (χ0v) is 10.0. The van der Waals surface area contributed by atoms with Crippen molar-refractivity contribution < 1.29 is 0 Å². The van der Waals surface area contributed by atoms with E-state index < -0.39 is 0 Å². The number of nitriles is 1. The molecule has 0 bridgehead atoms. The van der Waals surface area contributed by atoms with Crippen LogP contribution in [0.25, 0.3) is 0 Å². The largest absolute Gasteiger partial charge is 0.393 e. The normalized spacial score (nSPS) is 11.8. The molecule has 84 valence electrons. The van der Waals surface area contributed by atoms with Gasteiger partial charge in [-0.2, -0.15) is 5.26 Å². The summed E-state index contributed by atoms with van der Waals surface area (Å²) >= 11 is 4.86. The van der Waals surface area contributed by atoms with E-state index in [0.717, 1.165) is 5.69 Å². The topological polar surface area (TPSA) is 71.8 Å². The van der Waals surface area contributed by atoms with Crippen molar-refractivity contribution in [2.45, 2.75) is 20.4 Å². The fraction of sp³-hybridized carbons (Fsp3) is 0.364. The molecule has 1 rings (SSSR count). The molecule has 1 atom stereocenters. The average molecular weight is 235 g/mol. The zero-order valence-electron chi connectivity index (χ0n) is 9.23. The van der Waals surface area contributed by atoms with Crippen molar-refractivity contribution >= 4 is 17.2 Å². The van der Waals surface area contributed by atoms with Gasteiger partial charge in [-0.15, -0.1) is 0 Å². The van der Waals surface area contributed by atoms with Crippen LogP contribution in [0.4, 0.5) is 0 Å². The molecule has 5 heteroatoms. The summed E-state index contributed by atoms with van der Waals surface area (Å²) in [6.45, 7) is 4.08. The van der Waals surface area contributed by atoms with Crippen LogP contribution in [0.3, 0.4) is 0 Å². The van der Waals surface area contributed by atoms with Crippen LogP contribution in [0.15, 0.2) is 16.9 Å². The highest BCUT2D eigenvalue weighted by atomic mass is 32.1. The number of aromatic nitrogens is 1. The number of nitrogens with two attached hydrogens (primary N) is 1. The molecule has 0 saturated carbocycles. The number of hydrogen-bond donors (Lipinski definition) is 1. The third kappa shape index (κ3) is 2.47. The van der Waals surface area contributed by atoms with Gasteiger partial charge in [-0.05, 0) is 19.1 Å². The van der Waals surface area contributed by atoms with Crippen molar-refractivity contribution in [2.75, 3.05) is 0 Å². The van der Waals surface area contributed by atoms with Crippen LogP contribution in [0, 0.1) is 24.2 Å². The number of thiocarbonyl (C=S) groups is 1. The summed E-state index contributed by atoms with van der Waals surface area (Å²) in [5.74, 6) is -0.0691. The summed E-state index contributed by atoms with van der Waals surface area (Å²) < 4.78 is 1.53. The summed E-state index contributed by atoms with van der Waals surface area (Å²) in [6.07, 6.45) is 0. The molecule has 1 aromatic heterocycles. The van der Waals surface area contributed by atoms with Gasteiger partial charge in [0.1, 0.15) is 11.6 Å². The van der Waals surface area contributed by atoms with E-state index >= 15 is 0 Å². The summed E-state index contributed by atoms with van der Waals surface area (Å²) in [4.78, 5) is 12.2. The summed E-state index contributed by atoms with van der Waals surface area (Å²) in [7, 11) is 0. The van der Waals surface area contributed by atoms with Gasteiger partial charge >= 0.3 is 0 Å². The molecule has 0 aliphatic heterocycles. The molecule has 0 amide bonds. The van der Waals surface area contributed by atoms with Gasteiger partial charge in [0.05, 0.1) is 4.99 Å². The predicted molar refractivity (Wildman–Crippen MR) is 66.1 cm³/mol. The van der Waals surface area contributed by atoms with Crippen LogP contribution in [0.5, 0.6) is 0 Å². The molecule has 1 aromatic rings. The van der Waals surface area contributed by atoms with Crippen molar-refractivity contribution in [3.05, 3.63) is 33.7 Å². The molecular formula is C11H13N3OS. The van der Waals surface area contributed by atoms with Crippen LogP contribution in [-0.2, 0) is 6.54 Å². The molecule has 0 spiro atoms. The van der Waals surface area contributed by atoms with Crippen LogP contribution in [0.1, 0.15) is 18.2 Å². The van der Waals surface area contributed by atoms with Gasteiger partial charge in [0.15, 0.2) is 0 Å². The van der Waals surface area contributed by atoms with Gasteiger partial charge in [-0.1, -0.05) is 19.1 Å². The van der Waals surface area contributed by atoms with E-state index in [-0.39, 0.29) is 17.0 Å². The maximum absolute atomic E-state index is 11.8. The lowest BCUT2D eigenvalue weighted by Gasteiger charge is -2.14. The summed E-state index contributed by atoms with van der Waals surface area (Å²) in [5, 5.41) is 8.76. The van der Waals surface area contributed by atoms with Gasteiger partial charge in [0.2, 0.25) is 0 Å². The monoisotopic (exact) mass is 235 g/mol. The van der Waals surface area contributed by atoms with E-state index in [4.69, 9.17) is 23.2 Å². The first-order chi connectivity index (χ1) is 7.47. The quantitative estimate of drug-likeness (QED) is 0.792. The fourth-order valence-electron chi connectivity index (χ4n) is 1.35. The lowest BCUT2D eigenvalue weighted by Crippen LogP contribution is -2.31. The van der Waals surface area contributed by atoms with Crippen molar-refractivity contribution in [2.24, 2.45) is 11.7 Å². The molecule has 0 saturated heterocycles. The van der Waals surface area contributed by atoms with Gasteiger partial charge in [-0.25, -0.2) is 0 Å². The fourth-order valence-corrected chi connectivity index (χ4v) is 1.42. The standard InChI is InChI=1S/C11H13N3OS/c1-7(10(13)16)6-14-8(2)3-4-9(5-12)11(14)15/h3-4,7H,6H2,1-2H3,(H2,13,16). The second-order valence-electron chi connectivity index (χ2n) is 3.72. The van der Waals surface area contributed by atoms with E-state index in [1.165, 1.54) is 10.6 Å². The Hall–Kier alpha value is -1.67. The van der Waals surface area contributed by atoms with Gasteiger partial charge in [-0.3, -0.25) is 4.79 Å². The molecule has 0 aliphatic rings. The Morgan fingerprint density at radius 1 is 1.69 bits per heavy atom. The van der Waals surface area contributed by atoms with Crippen LogP contribution < -0.4 is 11.3 Å². The number of pyridine rings is 1. The molecule has 1 unspecified atom stereocenters. The molecule has 2 N–H and O–H groups in total. The SMILES string of the molecule is Cc1ccc(C#N)c(=O)n1CC(C)C(N)=S. The Balaban J connectivity index is 3.19. The Kier molecular flexibility index (Phi) is 3.80. The van der Waals surface area contributed by atoms with Crippen molar-refractivity contribution in [1.82, 2.24) is 4.57 Å². The van der Waals surface area contributed by atoms with Crippen LogP contribution >= 0.6 is 12.2 Å². The molecule has 0 aliphatic carbocycles. The average Bonchev–Trinajstić information content (AvgIpc) is 2.24. The van der Waals surface area contributed by atoms with Crippen molar-refractivity contribution in [1.29, 1.82) is 5.26 Å². The number of aryl methyl sites for hydroxylation is 1. The van der Waals surface area contributed by atoms with Crippen molar-refractivity contribution in [3.63, 3.8) is 0 Å². The highest BCUT2D eigenvalue weighted by Crippen LogP contribution is 2.03. The van der Waals surface area contributed by atoms with E-state index in [0.29, 0.717) is 11.5 Å². The maximum Gasteiger partial charge on any atom is 0.268 e. The van der Waals surface area contributed by atoms with Crippen LogP contribution in [0.2, 0.25) is 0 Å². The molecule has 16 heavy (non-hydrogen) atoms. The maximum atomic E-state index is 11.8. The third-order valence-corrected chi connectivity index (χ3v) is 2.86. The Morgan fingerprint density at radius 2 is 2.31 bits per heavy atom. The number of rotatable bonds is 3. The molecule has 0 fully saturated rings. The lowest BCUT2D eigenvalue weighted by molar-refractivity contribution is 0.567. The second kappa shape index (κ2) is 4.90. The first kappa shape index (κ1) is 12.4. The highest BCUT2D eigenvalue weighted by molar-refractivity contribution is 7.80. The minimum Gasteiger partial charge on any atom is -0.393 e. The van der Waals surface area contributed by atoms with Gasteiger partial charge < -0.3 is 10.3 Å². The van der Waals surface area contributed by atoms with Crippen LogP contribution in [-0.4, -0.2) is 9.56 Å². The van der Waals surface area contributed by atoms with E-state index in [9.17, 15) is 4.79 Å².